The van der Waals surface area contributed by atoms with Crippen LogP contribution in [0, 0.1) is 6.92 Å². The van der Waals surface area contributed by atoms with Crippen molar-refractivity contribution in [3.8, 4) is 0 Å². The number of para-hydroxylation sites is 1. The van der Waals surface area contributed by atoms with Crippen molar-refractivity contribution >= 4 is 21.9 Å². The molecule has 0 radical (unpaired) electrons. The van der Waals surface area contributed by atoms with E-state index in [4.69, 9.17) is 4.42 Å². The third kappa shape index (κ3) is 1.21. The van der Waals surface area contributed by atoms with Gasteiger partial charge in [0.05, 0.1) is 10.9 Å². The molecule has 3 nitrogen and oxygen atoms in total. The Kier molecular flexibility index (Phi) is 1.80. The van der Waals surface area contributed by atoms with Crippen molar-refractivity contribution in [1.82, 2.24) is 4.98 Å². The number of aryl methyl sites for hydroxylation is 1. The molecule has 0 N–H and O–H groups in total. The van der Waals surface area contributed by atoms with E-state index in [1.165, 1.54) is 0 Å². The van der Waals surface area contributed by atoms with E-state index in [9.17, 15) is 4.79 Å². The van der Waals surface area contributed by atoms with Gasteiger partial charge in [-0.15, -0.1) is 0 Å². The first kappa shape index (κ1) is 9.09. The first-order valence-corrected chi connectivity index (χ1v) is 5.05. The number of aromatic nitrogens is 1. The van der Waals surface area contributed by atoms with E-state index in [1.54, 1.807) is 12.1 Å². The van der Waals surface area contributed by atoms with Crippen molar-refractivity contribution in [2.24, 2.45) is 0 Å². The van der Waals surface area contributed by atoms with Crippen LogP contribution in [-0.2, 0) is 0 Å². The van der Waals surface area contributed by atoms with Gasteiger partial charge in [-0.3, -0.25) is 4.98 Å². The maximum atomic E-state index is 11.7. The molecule has 0 amide bonds. The van der Waals surface area contributed by atoms with Gasteiger partial charge in [0.15, 0.2) is 0 Å². The van der Waals surface area contributed by atoms with Gasteiger partial charge in [0.1, 0.15) is 5.58 Å². The average molecular weight is 211 g/mol. The van der Waals surface area contributed by atoms with Gasteiger partial charge in [-0.1, -0.05) is 12.1 Å². The number of pyridine rings is 1. The molecule has 16 heavy (non-hydrogen) atoms. The number of nitrogens with zero attached hydrogens (tertiary/aromatic N) is 1. The summed E-state index contributed by atoms with van der Waals surface area (Å²) in [6.07, 6.45) is 0. The van der Waals surface area contributed by atoms with Crippen LogP contribution in [0.3, 0.4) is 0 Å². The predicted octanol–water partition coefficient (Wildman–Crippen LogP) is 2.65. The number of hydrogen-bond donors (Lipinski definition) is 0. The highest BCUT2D eigenvalue weighted by Gasteiger charge is 2.07. The number of rotatable bonds is 0. The Morgan fingerprint density at radius 1 is 1.06 bits per heavy atom. The molecule has 0 aliphatic carbocycles. The van der Waals surface area contributed by atoms with E-state index < -0.39 is 0 Å². The Balaban J connectivity index is 2.67. The lowest BCUT2D eigenvalue weighted by Crippen LogP contribution is -2.01. The van der Waals surface area contributed by atoms with Crippen LogP contribution in [0.4, 0.5) is 0 Å². The number of benzene rings is 1. The largest absolute Gasteiger partial charge is 0.422 e. The molecule has 0 unspecified atom stereocenters. The lowest BCUT2D eigenvalue weighted by Gasteiger charge is -2.01. The van der Waals surface area contributed by atoms with Gasteiger partial charge in [0.2, 0.25) is 0 Å². The predicted molar refractivity (Wildman–Crippen MR) is 62.5 cm³/mol. The third-order valence-electron chi connectivity index (χ3n) is 2.60. The number of fused-ring (bicyclic) bond motifs is 3. The minimum atomic E-state index is -0.332. The molecule has 0 aliphatic rings. The first-order valence-electron chi connectivity index (χ1n) is 5.05. The summed E-state index contributed by atoms with van der Waals surface area (Å²) in [5, 5.41) is 1.41. The fraction of sp³-hybridized carbons (Fsp3) is 0.0769. The summed E-state index contributed by atoms with van der Waals surface area (Å²) >= 11 is 0. The van der Waals surface area contributed by atoms with E-state index >= 15 is 0 Å². The molecule has 2 heterocycles. The molecule has 0 spiro atoms. The van der Waals surface area contributed by atoms with Gasteiger partial charge in [-0.25, -0.2) is 4.79 Å². The minimum absolute atomic E-state index is 0.332. The van der Waals surface area contributed by atoms with Crippen LogP contribution in [0.5, 0.6) is 0 Å². The van der Waals surface area contributed by atoms with Crippen LogP contribution in [0.1, 0.15) is 5.69 Å². The first-order chi connectivity index (χ1) is 7.75. The summed E-state index contributed by atoms with van der Waals surface area (Å²) in [6, 6.07) is 11.0. The lowest BCUT2D eigenvalue weighted by atomic mass is 10.1. The number of hydrogen-bond acceptors (Lipinski definition) is 3. The van der Waals surface area contributed by atoms with Crippen LogP contribution in [0.15, 0.2) is 45.6 Å². The van der Waals surface area contributed by atoms with Crippen LogP contribution in [0.25, 0.3) is 21.9 Å². The Labute approximate surface area is 91.3 Å². The van der Waals surface area contributed by atoms with Crippen molar-refractivity contribution in [1.29, 1.82) is 0 Å². The van der Waals surface area contributed by atoms with Crippen LogP contribution in [-0.4, -0.2) is 4.98 Å². The molecule has 0 aliphatic heterocycles. The summed E-state index contributed by atoms with van der Waals surface area (Å²) in [6.45, 7) is 1.91. The molecule has 1 aromatic carbocycles. The molecule has 3 aromatic rings. The minimum Gasteiger partial charge on any atom is -0.422 e. The van der Waals surface area contributed by atoms with Gasteiger partial charge >= 0.3 is 5.63 Å². The molecule has 2 aromatic heterocycles. The molecule has 0 saturated heterocycles. The Bertz CT molecular complexity index is 744. The normalized spacial score (nSPS) is 11.1. The Morgan fingerprint density at radius 2 is 1.88 bits per heavy atom. The second-order valence-corrected chi connectivity index (χ2v) is 3.73. The zero-order valence-corrected chi connectivity index (χ0v) is 8.73. The third-order valence-corrected chi connectivity index (χ3v) is 2.60. The summed E-state index contributed by atoms with van der Waals surface area (Å²) in [7, 11) is 0. The van der Waals surface area contributed by atoms with Crippen molar-refractivity contribution in [2.75, 3.05) is 0 Å². The monoisotopic (exact) mass is 211 g/mol. The van der Waals surface area contributed by atoms with E-state index in [1.807, 2.05) is 31.2 Å². The van der Waals surface area contributed by atoms with Crippen LogP contribution in [0.2, 0.25) is 0 Å². The SMILES string of the molecule is Cc1ccc2c(=O)oc3ccccc3c2n1. The maximum Gasteiger partial charge on any atom is 0.345 e. The van der Waals surface area contributed by atoms with Crippen LogP contribution < -0.4 is 5.63 Å². The second kappa shape index (κ2) is 3.17. The Morgan fingerprint density at radius 3 is 2.75 bits per heavy atom. The summed E-state index contributed by atoms with van der Waals surface area (Å²) in [4.78, 5) is 16.1. The zero-order valence-electron chi connectivity index (χ0n) is 8.73. The van der Waals surface area contributed by atoms with E-state index in [-0.39, 0.29) is 5.63 Å². The fourth-order valence-electron chi connectivity index (χ4n) is 1.83. The van der Waals surface area contributed by atoms with E-state index in [0.29, 0.717) is 16.5 Å². The van der Waals surface area contributed by atoms with Crippen molar-refractivity contribution in [3.63, 3.8) is 0 Å². The van der Waals surface area contributed by atoms with Gasteiger partial charge < -0.3 is 4.42 Å². The molecular formula is C13H9NO2. The quantitative estimate of drug-likeness (QED) is 0.424. The molecule has 0 saturated carbocycles. The van der Waals surface area contributed by atoms with Gasteiger partial charge in [0.25, 0.3) is 0 Å². The van der Waals surface area contributed by atoms with Gasteiger partial charge in [0, 0.05) is 11.1 Å². The molecule has 0 atom stereocenters. The fourth-order valence-corrected chi connectivity index (χ4v) is 1.83. The molecule has 0 bridgehead atoms. The highest BCUT2D eigenvalue weighted by atomic mass is 16.4. The molecule has 0 fully saturated rings. The molecule has 78 valence electrons. The van der Waals surface area contributed by atoms with Gasteiger partial charge in [-0.05, 0) is 31.2 Å². The average Bonchev–Trinajstić information content (AvgIpc) is 2.29. The van der Waals surface area contributed by atoms with Crippen molar-refractivity contribution in [3.05, 3.63) is 52.5 Å². The summed E-state index contributed by atoms with van der Waals surface area (Å²) in [5.74, 6) is 0. The molecule has 3 rings (SSSR count). The van der Waals surface area contributed by atoms with Crippen molar-refractivity contribution < 1.29 is 4.42 Å². The standard InChI is InChI=1S/C13H9NO2/c1-8-6-7-10-12(14-8)9-4-2-3-5-11(9)16-13(10)15/h2-7H,1H3. The van der Waals surface area contributed by atoms with E-state index in [2.05, 4.69) is 4.98 Å². The lowest BCUT2D eigenvalue weighted by molar-refractivity contribution is 0.569. The zero-order chi connectivity index (χ0) is 11.1. The topological polar surface area (TPSA) is 43.1 Å². The smallest absolute Gasteiger partial charge is 0.345 e. The highest BCUT2D eigenvalue weighted by molar-refractivity contribution is 6.01. The van der Waals surface area contributed by atoms with Crippen LogP contribution >= 0.6 is 0 Å². The summed E-state index contributed by atoms with van der Waals surface area (Å²) < 4.78 is 5.22. The maximum absolute atomic E-state index is 11.7. The van der Waals surface area contributed by atoms with Crippen molar-refractivity contribution in [2.45, 2.75) is 6.92 Å². The highest BCUT2D eigenvalue weighted by Crippen LogP contribution is 2.20. The second-order valence-electron chi connectivity index (χ2n) is 3.73. The van der Waals surface area contributed by atoms with E-state index in [0.717, 1.165) is 11.1 Å². The summed E-state index contributed by atoms with van der Waals surface area (Å²) in [5.41, 5.74) is 1.86. The van der Waals surface area contributed by atoms with Gasteiger partial charge in [-0.2, -0.15) is 0 Å². The Hall–Kier alpha value is -2.16. The molecule has 3 heteroatoms. The molecular weight excluding hydrogens is 202 g/mol.